The van der Waals surface area contributed by atoms with Crippen LogP contribution in [0.2, 0.25) is 0 Å². The third kappa shape index (κ3) is 3.92. The minimum atomic E-state index is -0.258. The molecule has 32 heavy (non-hydrogen) atoms. The van der Waals surface area contributed by atoms with Crippen molar-refractivity contribution in [2.24, 2.45) is 0 Å². The number of para-hydroxylation sites is 1. The summed E-state index contributed by atoms with van der Waals surface area (Å²) in [6, 6.07) is 24.7. The molecule has 0 saturated carbocycles. The maximum atomic E-state index is 6.46. The van der Waals surface area contributed by atoms with E-state index >= 15 is 0 Å². The van der Waals surface area contributed by atoms with Crippen molar-refractivity contribution in [2.75, 3.05) is 13.2 Å². The molecule has 0 radical (unpaired) electrons. The average molecular weight is 429 g/mol. The highest BCUT2D eigenvalue weighted by Gasteiger charge is 2.40. The molecule has 2 atom stereocenters. The van der Waals surface area contributed by atoms with Crippen LogP contribution in [0, 0.1) is 0 Å². The van der Waals surface area contributed by atoms with Crippen molar-refractivity contribution in [3.8, 4) is 17.2 Å². The minimum Gasteiger partial charge on any atom is -0.494 e. The van der Waals surface area contributed by atoms with Crippen LogP contribution in [-0.2, 0) is 0 Å². The van der Waals surface area contributed by atoms with E-state index in [1.54, 1.807) is 0 Å². The topological polar surface area (TPSA) is 43.0 Å². The molecule has 0 saturated heterocycles. The molecular formula is C27H28N2O3. The maximum absolute atomic E-state index is 6.46. The Bertz CT molecular complexity index is 1090. The third-order valence-electron chi connectivity index (χ3n) is 5.72. The van der Waals surface area contributed by atoms with E-state index in [2.05, 4.69) is 59.8 Å². The Balaban J connectivity index is 1.45. The fraction of sp³-hybridized carbons (Fsp3) is 0.259. The summed E-state index contributed by atoms with van der Waals surface area (Å²) in [5, 5.41) is 2.18. The molecule has 0 amide bonds. The van der Waals surface area contributed by atoms with Crippen molar-refractivity contribution >= 4 is 5.70 Å². The number of nitrogens with one attached hydrogen (secondary N) is 1. The minimum absolute atomic E-state index is 0.0718. The summed E-state index contributed by atoms with van der Waals surface area (Å²) < 4.78 is 17.8. The zero-order valence-electron chi connectivity index (χ0n) is 18.5. The van der Waals surface area contributed by atoms with Crippen molar-refractivity contribution in [1.29, 1.82) is 0 Å². The number of ether oxygens (including phenoxy) is 3. The Labute approximate surface area is 189 Å². The molecule has 5 nitrogen and oxygen atoms in total. The monoisotopic (exact) mass is 428 g/mol. The van der Waals surface area contributed by atoms with Gasteiger partial charge in [0.25, 0.3) is 0 Å². The van der Waals surface area contributed by atoms with Gasteiger partial charge in [-0.05, 0) is 67.4 Å². The van der Waals surface area contributed by atoms with Crippen LogP contribution in [0.3, 0.4) is 0 Å². The molecule has 5 heteroatoms. The molecule has 5 rings (SSSR count). The van der Waals surface area contributed by atoms with Crippen LogP contribution < -0.4 is 19.6 Å². The summed E-state index contributed by atoms with van der Waals surface area (Å²) >= 11 is 0. The van der Waals surface area contributed by atoms with E-state index in [1.165, 1.54) is 0 Å². The molecular weight excluding hydrogens is 400 g/mol. The smallest absolute Gasteiger partial charge is 0.195 e. The summed E-state index contributed by atoms with van der Waals surface area (Å²) in [5.74, 6) is 2.67. The van der Waals surface area contributed by atoms with Gasteiger partial charge in [0, 0.05) is 11.1 Å². The second-order valence-corrected chi connectivity index (χ2v) is 7.93. The number of hydrogen-bond acceptors (Lipinski definition) is 5. The zero-order valence-corrected chi connectivity index (χ0v) is 18.5. The standard InChI is InChI=1S/C27H28N2O3/c1-3-17-31-22-15-11-20(12-16-22)27-29-25(23-7-5-6-8-26(23)32-27)18-24(28-29)19-9-13-21(14-10-19)30-4-2/h5-16,18,25,27-28H,3-4,17H2,1-2H3. The van der Waals surface area contributed by atoms with Crippen molar-refractivity contribution in [2.45, 2.75) is 32.5 Å². The molecule has 1 N–H and O–H groups in total. The molecule has 2 aliphatic heterocycles. The third-order valence-corrected chi connectivity index (χ3v) is 5.72. The van der Waals surface area contributed by atoms with Crippen LogP contribution in [-0.4, -0.2) is 18.2 Å². The molecule has 164 valence electrons. The van der Waals surface area contributed by atoms with Crippen LogP contribution in [0.15, 0.2) is 78.9 Å². The summed E-state index contributed by atoms with van der Waals surface area (Å²) in [7, 11) is 0. The SMILES string of the molecule is CCCOc1ccc(C2Oc3ccccc3C3C=C(c4ccc(OCC)cc4)NN32)cc1. The van der Waals surface area contributed by atoms with Gasteiger partial charge in [-0.25, -0.2) is 0 Å². The normalized spacial score (nSPS) is 19.2. The van der Waals surface area contributed by atoms with E-state index < -0.39 is 0 Å². The van der Waals surface area contributed by atoms with Gasteiger partial charge in [0.15, 0.2) is 6.23 Å². The molecule has 2 unspecified atom stereocenters. The molecule has 0 spiro atoms. The second-order valence-electron chi connectivity index (χ2n) is 7.93. The molecule has 0 aliphatic carbocycles. The number of benzene rings is 3. The highest BCUT2D eigenvalue weighted by atomic mass is 16.5. The zero-order chi connectivity index (χ0) is 21.9. The quantitative estimate of drug-likeness (QED) is 0.510. The fourth-order valence-electron chi connectivity index (χ4n) is 4.17. The fourth-order valence-corrected chi connectivity index (χ4v) is 4.17. The van der Waals surface area contributed by atoms with Gasteiger partial charge in [-0.3, -0.25) is 0 Å². The molecule has 3 aromatic carbocycles. The van der Waals surface area contributed by atoms with E-state index in [9.17, 15) is 0 Å². The van der Waals surface area contributed by atoms with E-state index in [0.717, 1.165) is 52.7 Å². The van der Waals surface area contributed by atoms with Gasteiger partial charge in [0.1, 0.15) is 17.2 Å². The summed E-state index contributed by atoms with van der Waals surface area (Å²) in [5.41, 5.74) is 8.00. The van der Waals surface area contributed by atoms with Crippen molar-refractivity contribution in [3.63, 3.8) is 0 Å². The molecule has 0 bridgehead atoms. The number of hydrazine groups is 1. The van der Waals surface area contributed by atoms with Gasteiger partial charge in [0.2, 0.25) is 0 Å². The predicted molar refractivity (Wildman–Crippen MR) is 125 cm³/mol. The van der Waals surface area contributed by atoms with Gasteiger partial charge in [-0.15, -0.1) is 0 Å². The van der Waals surface area contributed by atoms with Crippen molar-refractivity contribution in [1.82, 2.24) is 10.4 Å². The highest BCUT2D eigenvalue weighted by molar-refractivity contribution is 5.68. The molecule has 2 aliphatic rings. The molecule has 2 heterocycles. The first-order chi connectivity index (χ1) is 15.8. The Morgan fingerprint density at radius 1 is 0.875 bits per heavy atom. The van der Waals surface area contributed by atoms with Crippen molar-refractivity contribution in [3.05, 3.63) is 95.6 Å². The van der Waals surface area contributed by atoms with Crippen LogP contribution in [0.4, 0.5) is 0 Å². The molecule has 0 fully saturated rings. The Hall–Kier alpha value is -3.44. The van der Waals surface area contributed by atoms with Crippen LogP contribution in [0.1, 0.15) is 49.2 Å². The Morgan fingerprint density at radius 3 is 2.34 bits per heavy atom. The predicted octanol–water partition coefficient (Wildman–Crippen LogP) is 5.87. The summed E-state index contributed by atoms with van der Waals surface area (Å²) in [4.78, 5) is 0. The molecule has 3 aromatic rings. The lowest BCUT2D eigenvalue weighted by Crippen LogP contribution is -2.43. The van der Waals surface area contributed by atoms with Gasteiger partial charge < -0.3 is 19.6 Å². The summed E-state index contributed by atoms with van der Waals surface area (Å²) in [6.45, 7) is 5.48. The highest BCUT2D eigenvalue weighted by Crippen LogP contribution is 2.46. The van der Waals surface area contributed by atoms with E-state index in [1.807, 2.05) is 43.3 Å². The first-order valence-corrected chi connectivity index (χ1v) is 11.2. The Morgan fingerprint density at radius 2 is 1.59 bits per heavy atom. The summed E-state index contributed by atoms with van der Waals surface area (Å²) in [6.07, 6.45) is 3.00. The van der Waals surface area contributed by atoms with E-state index in [0.29, 0.717) is 6.61 Å². The van der Waals surface area contributed by atoms with Gasteiger partial charge >= 0.3 is 0 Å². The lowest BCUT2D eigenvalue weighted by atomic mass is 10.0. The van der Waals surface area contributed by atoms with Gasteiger partial charge in [-0.1, -0.05) is 37.3 Å². The van der Waals surface area contributed by atoms with Gasteiger partial charge in [0.05, 0.1) is 25.0 Å². The number of fused-ring (bicyclic) bond motifs is 3. The maximum Gasteiger partial charge on any atom is 0.195 e. The van der Waals surface area contributed by atoms with Gasteiger partial charge in [-0.2, -0.15) is 5.01 Å². The van der Waals surface area contributed by atoms with Crippen LogP contribution >= 0.6 is 0 Å². The number of nitrogens with zero attached hydrogens (tertiary/aromatic N) is 1. The lowest BCUT2D eigenvalue weighted by Gasteiger charge is -2.39. The average Bonchev–Trinajstić information content (AvgIpc) is 3.29. The first-order valence-electron chi connectivity index (χ1n) is 11.2. The van der Waals surface area contributed by atoms with Crippen LogP contribution in [0.5, 0.6) is 17.2 Å². The Kier molecular flexibility index (Phi) is 5.73. The second kappa shape index (κ2) is 8.97. The van der Waals surface area contributed by atoms with Crippen LogP contribution in [0.25, 0.3) is 5.70 Å². The lowest BCUT2D eigenvalue weighted by molar-refractivity contribution is -0.0326. The number of hydrogen-bond donors (Lipinski definition) is 1. The van der Waals surface area contributed by atoms with E-state index in [-0.39, 0.29) is 12.3 Å². The molecule has 0 aromatic heterocycles. The van der Waals surface area contributed by atoms with E-state index in [4.69, 9.17) is 14.2 Å². The largest absolute Gasteiger partial charge is 0.494 e. The first kappa shape index (κ1) is 20.5. The van der Waals surface area contributed by atoms with Crippen molar-refractivity contribution < 1.29 is 14.2 Å². The number of rotatable bonds is 7.